The molecule has 4 aromatic rings. The molecule has 0 aromatic heterocycles. The third kappa shape index (κ3) is 5.93. The van der Waals surface area contributed by atoms with Gasteiger partial charge in [-0.3, -0.25) is 4.57 Å². The first-order valence-electron chi connectivity index (χ1n) is 10.7. The van der Waals surface area contributed by atoms with E-state index in [1.165, 1.54) is 0 Å². The summed E-state index contributed by atoms with van der Waals surface area (Å²) in [5, 5.41) is 13.0. The molecule has 164 valence electrons. The number of fused-ring (bicyclic) bond motifs is 1. The predicted octanol–water partition coefficient (Wildman–Crippen LogP) is 6.89. The summed E-state index contributed by atoms with van der Waals surface area (Å²) in [6.07, 6.45) is -0.374. The van der Waals surface area contributed by atoms with Gasteiger partial charge in [-0.2, -0.15) is 0 Å². The average molecular weight is 446 g/mol. The van der Waals surface area contributed by atoms with Gasteiger partial charge in [-0.05, 0) is 33.9 Å². The SMILES string of the molecule is O=P(CCC(O)c1cccc2ccccc12)(OCc1ccccc1)OCc1ccccc1. The number of aliphatic hydroxyl groups is 1. The molecule has 1 atom stereocenters. The molecule has 1 N–H and O–H groups in total. The fourth-order valence-electron chi connectivity index (χ4n) is 3.64. The summed E-state index contributed by atoms with van der Waals surface area (Å²) in [7, 11) is -3.44. The van der Waals surface area contributed by atoms with Crippen LogP contribution in [-0.4, -0.2) is 11.3 Å². The molecule has 0 aliphatic carbocycles. The van der Waals surface area contributed by atoms with Gasteiger partial charge in [0.15, 0.2) is 0 Å². The Morgan fingerprint density at radius 1 is 0.688 bits per heavy atom. The Kier molecular flexibility index (Phi) is 7.51. The van der Waals surface area contributed by atoms with Gasteiger partial charge in [-0.1, -0.05) is 103 Å². The summed E-state index contributed by atoms with van der Waals surface area (Å²) < 4.78 is 25.3. The van der Waals surface area contributed by atoms with Crippen molar-refractivity contribution in [2.75, 3.05) is 6.16 Å². The van der Waals surface area contributed by atoms with Crippen LogP contribution in [0.4, 0.5) is 0 Å². The van der Waals surface area contributed by atoms with Crippen molar-refractivity contribution >= 4 is 18.4 Å². The molecule has 1 unspecified atom stereocenters. The molecule has 0 saturated carbocycles. The molecule has 0 radical (unpaired) electrons. The van der Waals surface area contributed by atoms with E-state index in [0.29, 0.717) is 0 Å². The van der Waals surface area contributed by atoms with Gasteiger partial charge in [0.05, 0.1) is 25.5 Å². The van der Waals surface area contributed by atoms with Crippen molar-refractivity contribution in [3.8, 4) is 0 Å². The first kappa shape index (κ1) is 22.4. The monoisotopic (exact) mass is 446 g/mol. The maximum Gasteiger partial charge on any atom is 0.331 e. The van der Waals surface area contributed by atoms with Crippen LogP contribution in [0.3, 0.4) is 0 Å². The van der Waals surface area contributed by atoms with E-state index in [4.69, 9.17) is 9.05 Å². The summed E-state index contributed by atoms with van der Waals surface area (Å²) in [6.45, 7) is 0.383. The van der Waals surface area contributed by atoms with Crippen molar-refractivity contribution in [2.24, 2.45) is 0 Å². The normalized spacial score (nSPS) is 12.7. The van der Waals surface area contributed by atoms with E-state index in [1.54, 1.807) is 0 Å². The highest BCUT2D eigenvalue weighted by Crippen LogP contribution is 2.51. The van der Waals surface area contributed by atoms with Gasteiger partial charge in [0.1, 0.15) is 0 Å². The van der Waals surface area contributed by atoms with Crippen LogP contribution in [0.25, 0.3) is 10.8 Å². The van der Waals surface area contributed by atoms with E-state index >= 15 is 0 Å². The number of benzene rings is 4. The van der Waals surface area contributed by atoms with E-state index in [1.807, 2.05) is 103 Å². The molecule has 5 heteroatoms. The lowest BCUT2D eigenvalue weighted by atomic mass is 9.99. The number of rotatable bonds is 10. The molecule has 0 fully saturated rings. The molecule has 0 bridgehead atoms. The summed E-state index contributed by atoms with van der Waals surface area (Å²) in [4.78, 5) is 0. The van der Waals surface area contributed by atoms with Gasteiger partial charge >= 0.3 is 7.60 Å². The van der Waals surface area contributed by atoms with Crippen LogP contribution in [-0.2, 0) is 26.8 Å². The second-order valence-corrected chi connectivity index (χ2v) is 9.91. The highest BCUT2D eigenvalue weighted by atomic mass is 31.2. The lowest BCUT2D eigenvalue weighted by Crippen LogP contribution is -2.06. The lowest BCUT2D eigenvalue weighted by Gasteiger charge is -2.21. The van der Waals surface area contributed by atoms with E-state index < -0.39 is 13.7 Å². The molecule has 0 saturated heterocycles. The molecule has 0 spiro atoms. The third-order valence-electron chi connectivity index (χ3n) is 5.40. The van der Waals surface area contributed by atoms with Gasteiger partial charge < -0.3 is 14.2 Å². The fraction of sp³-hybridized carbons (Fsp3) is 0.185. The molecule has 32 heavy (non-hydrogen) atoms. The average Bonchev–Trinajstić information content (AvgIpc) is 2.86. The molecule has 4 nitrogen and oxygen atoms in total. The molecule has 0 amide bonds. The second kappa shape index (κ2) is 10.7. The zero-order chi connectivity index (χ0) is 22.2. The van der Waals surface area contributed by atoms with Gasteiger partial charge in [0.25, 0.3) is 0 Å². The number of hydrogen-bond acceptors (Lipinski definition) is 4. The van der Waals surface area contributed by atoms with Crippen molar-refractivity contribution in [3.63, 3.8) is 0 Å². The first-order chi connectivity index (χ1) is 15.6. The van der Waals surface area contributed by atoms with Crippen molar-refractivity contribution < 1.29 is 18.7 Å². The Labute approximate surface area is 189 Å². The molecule has 0 aliphatic heterocycles. The minimum atomic E-state index is -3.44. The maximum atomic E-state index is 13.6. The second-order valence-electron chi connectivity index (χ2n) is 7.73. The molecular formula is C27H27O4P. The van der Waals surface area contributed by atoms with Gasteiger partial charge in [-0.15, -0.1) is 0 Å². The quantitative estimate of drug-likeness (QED) is 0.270. The van der Waals surface area contributed by atoms with Crippen LogP contribution in [0, 0.1) is 0 Å². The zero-order valence-corrected chi connectivity index (χ0v) is 18.7. The van der Waals surface area contributed by atoms with Crippen LogP contribution in [0.5, 0.6) is 0 Å². The summed E-state index contributed by atoms with van der Waals surface area (Å²) in [6, 6.07) is 33.0. The highest BCUT2D eigenvalue weighted by Gasteiger charge is 2.27. The topological polar surface area (TPSA) is 55.8 Å². The Balaban J connectivity index is 1.47. The van der Waals surface area contributed by atoms with Crippen LogP contribution < -0.4 is 0 Å². The Morgan fingerprint density at radius 2 is 1.22 bits per heavy atom. The molecule has 0 aliphatic rings. The Bertz CT molecular complexity index is 1130. The van der Waals surface area contributed by atoms with Crippen molar-refractivity contribution in [3.05, 3.63) is 120 Å². The van der Waals surface area contributed by atoms with Gasteiger partial charge in [0.2, 0.25) is 0 Å². The first-order valence-corrected chi connectivity index (χ1v) is 12.5. The van der Waals surface area contributed by atoms with Crippen LogP contribution in [0.2, 0.25) is 0 Å². The van der Waals surface area contributed by atoms with Crippen molar-refractivity contribution in [2.45, 2.75) is 25.7 Å². The minimum Gasteiger partial charge on any atom is -0.388 e. The van der Waals surface area contributed by atoms with Crippen LogP contribution in [0.15, 0.2) is 103 Å². The van der Waals surface area contributed by atoms with Crippen molar-refractivity contribution in [1.82, 2.24) is 0 Å². The van der Waals surface area contributed by atoms with Crippen molar-refractivity contribution in [1.29, 1.82) is 0 Å². The summed E-state index contributed by atoms with van der Waals surface area (Å²) in [5.74, 6) is 0. The van der Waals surface area contributed by atoms with Gasteiger partial charge in [0, 0.05) is 0 Å². The summed E-state index contributed by atoms with van der Waals surface area (Å²) in [5.41, 5.74) is 2.66. The van der Waals surface area contributed by atoms with Gasteiger partial charge in [-0.25, -0.2) is 0 Å². The molecule has 4 aromatic carbocycles. The zero-order valence-electron chi connectivity index (χ0n) is 17.8. The molecule has 0 heterocycles. The largest absolute Gasteiger partial charge is 0.388 e. The minimum absolute atomic E-state index is 0.122. The van der Waals surface area contributed by atoms with Crippen LogP contribution in [0.1, 0.15) is 29.2 Å². The van der Waals surface area contributed by atoms with E-state index in [9.17, 15) is 9.67 Å². The van der Waals surface area contributed by atoms with E-state index in [-0.39, 0.29) is 25.8 Å². The Hall–Kier alpha value is -2.75. The number of hydrogen-bond donors (Lipinski definition) is 1. The predicted molar refractivity (Wildman–Crippen MR) is 128 cm³/mol. The highest BCUT2D eigenvalue weighted by molar-refractivity contribution is 7.53. The molecule has 4 rings (SSSR count). The third-order valence-corrected chi connectivity index (χ3v) is 7.25. The Morgan fingerprint density at radius 3 is 1.84 bits per heavy atom. The van der Waals surface area contributed by atoms with Crippen LogP contribution >= 0.6 is 7.60 Å². The lowest BCUT2D eigenvalue weighted by molar-refractivity contribution is 0.160. The summed E-state index contributed by atoms with van der Waals surface area (Å²) >= 11 is 0. The van der Waals surface area contributed by atoms with E-state index in [2.05, 4.69) is 0 Å². The number of aliphatic hydroxyl groups excluding tert-OH is 1. The fourth-order valence-corrected chi connectivity index (χ4v) is 5.22. The molecular weight excluding hydrogens is 419 g/mol. The van der Waals surface area contributed by atoms with E-state index in [0.717, 1.165) is 27.5 Å². The maximum absolute atomic E-state index is 13.6. The standard InChI is InChI=1S/C27H27O4P/c28-27(26-17-9-15-24-14-7-8-16-25(24)26)18-19-32(29,30-20-22-10-3-1-4-11-22)31-21-23-12-5-2-6-13-23/h1-17,27-28H,18-21H2. The smallest absolute Gasteiger partial charge is 0.331 e.